The zero-order chi connectivity index (χ0) is 16.7. The monoisotopic (exact) mass is 319 g/mol. The zero-order valence-corrected chi connectivity index (χ0v) is 12.5. The molecule has 0 bridgehead atoms. The fraction of sp³-hybridized carbons (Fsp3) is 0.357. The third kappa shape index (κ3) is 4.85. The van der Waals surface area contributed by atoms with Crippen molar-refractivity contribution < 1.29 is 19.4 Å². The lowest BCUT2D eigenvalue weighted by atomic mass is 10.2. The summed E-state index contributed by atoms with van der Waals surface area (Å²) in [6.07, 6.45) is 0. The number of carbonyl (C=O) groups is 2. The van der Waals surface area contributed by atoms with Crippen molar-refractivity contribution in [2.75, 3.05) is 19.8 Å². The van der Waals surface area contributed by atoms with Gasteiger partial charge in [0.2, 0.25) is 11.7 Å². The number of carboxylic acids is 1. The maximum Gasteiger partial charge on any atom is 0.329 e. The number of carbonyl (C=O) groups excluding carboxylic acids is 1. The van der Waals surface area contributed by atoms with Gasteiger partial charge in [-0.05, 0) is 12.1 Å². The molecule has 0 fully saturated rings. The molecule has 9 nitrogen and oxygen atoms in total. The van der Waals surface area contributed by atoms with Crippen LogP contribution in [0.25, 0.3) is 11.4 Å². The van der Waals surface area contributed by atoms with Gasteiger partial charge in [-0.1, -0.05) is 30.3 Å². The summed E-state index contributed by atoms with van der Waals surface area (Å²) in [7, 11) is 0. The summed E-state index contributed by atoms with van der Waals surface area (Å²) in [5.41, 5.74) is 0.813. The maximum atomic E-state index is 12.0. The molecule has 2 N–H and O–H groups in total. The zero-order valence-electron chi connectivity index (χ0n) is 12.5. The highest BCUT2D eigenvalue weighted by molar-refractivity contribution is 5.79. The third-order valence-electron chi connectivity index (χ3n) is 2.96. The standard InChI is InChI=1S/C14H17N5O4/c1-10(14(22)15-7-8-23-9-12(20)21)19-17-13(16-18-19)11-5-3-2-4-6-11/h2-6,10H,7-9H2,1H3,(H,15,22)(H,20,21). The molecule has 0 aliphatic rings. The van der Waals surface area contributed by atoms with E-state index in [1.165, 1.54) is 4.80 Å². The Morgan fingerprint density at radius 3 is 2.78 bits per heavy atom. The molecular weight excluding hydrogens is 302 g/mol. The summed E-state index contributed by atoms with van der Waals surface area (Å²) < 4.78 is 4.83. The first-order valence-corrected chi connectivity index (χ1v) is 7.00. The quantitative estimate of drug-likeness (QED) is 0.663. The first-order valence-electron chi connectivity index (χ1n) is 7.00. The second-order valence-electron chi connectivity index (χ2n) is 4.71. The molecule has 9 heteroatoms. The lowest BCUT2D eigenvalue weighted by Gasteiger charge is -2.10. The van der Waals surface area contributed by atoms with Crippen LogP contribution >= 0.6 is 0 Å². The van der Waals surface area contributed by atoms with Gasteiger partial charge < -0.3 is 15.2 Å². The molecule has 23 heavy (non-hydrogen) atoms. The van der Waals surface area contributed by atoms with Gasteiger partial charge in [-0.3, -0.25) is 4.79 Å². The highest BCUT2D eigenvalue weighted by atomic mass is 16.5. The molecule has 1 heterocycles. The molecule has 2 rings (SSSR count). The summed E-state index contributed by atoms with van der Waals surface area (Å²) in [6, 6.07) is 8.68. The Bertz CT molecular complexity index is 658. The van der Waals surface area contributed by atoms with E-state index in [2.05, 4.69) is 20.7 Å². The van der Waals surface area contributed by atoms with E-state index in [1.807, 2.05) is 30.3 Å². The molecular formula is C14H17N5O4. The normalized spacial score (nSPS) is 11.9. The molecule has 0 saturated carbocycles. The average Bonchev–Trinajstić information content (AvgIpc) is 3.04. The smallest absolute Gasteiger partial charge is 0.329 e. The number of hydrogen-bond donors (Lipinski definition) is 2. The van der Waals surface area contributed by atoms with Gasteiger partial charge >= 0.3 is 5.97 Å². The van der Waals surface area contributed by atoms with E-state index in [1.54, 1.807) is 6.92 Å². The van der Waals surface area contributed by atoms with E-state index in [0.29, 0.717) is 5.82 Å². The lowest BCUT2D eigenvalue weighted by Crippen LogP contribution is -2.34. The highest BCUT2D eigenvalue weighted by Gasteiger charge is 2.18. The van der Waals surface area contributed by atoms with Crippen LogP contribution in [0.2, 0.25) is 0 Å². The highest BCUT2D eigenvalue weighted by Crippen LogP contribution is 2.13. The minimum Gasteiger partial charge on any atom is -0.480 e. The number of ether oxygens (including phenoxy) is 1. The second kappa shape index (κ2) is 7.99. The van der Waals surface area contributed by atoms with Crippen LogP contribution in [0, 0.1) is 0 Å². The largest absolute Gasteiger partial charge is 0.480 e. The first kappa shape index (κ1) is 16.6. The van der Waals surface area contributed by atoms with E-state index < -0.39 is 18.6 Å². The number of amides is 1. The Morgan fingerprint density at radius 1 is 1.35 bits per heavy atom. The number of tetrazole rings is 1. The van der Waals surface area contributed by atoms with E-state index in [-0.39, 0.29) is 19.1 Å². The van der Waals surface area contributed by atoms with E-state index in [9.17, 15) is 9.59 Å². The van der Waals surface area contributed by atoms with Gasteiger partial charge in [0.1, 0.15) is 12.6 Å². The molecule has 2 aromatic rings. The molecule has 0 aliphatic carbocycles. The molecule has 1 unspecified atom stereocenters. The SMILES string of the molecule is CC(C(=O)NCCOCC(=O)O)n1nnc(-c2ccccc2)n1. The number of carboxylic acid groups (broad SMARTS) is 1. The van der Waals surface area contributed by atoms with Gasteiger partial charge in [0.05, 0.1) is 6.61 Å². The fourth-order valence-corrected chi connectivity index (χ4v) is 1.75. The Morgan fingerprint density at radius 2 is 2.09 bits per heavy atom. The van der Waals surface area contributed by atoms with E-state index in [4.69, 9.17) is 9.84 Å². The first-order chi connectivity index (χ1) is 11.1. The fourth-order valence-electron chi connectivity index (χ4n) is 1.75. The predicted octanol–water partition coefficient (Wildman–Crippen LogP) is 0.119. The van der Waals surface area contributed by atoms with Crippen LogP contribution in [0.4, 0.5) is 0 Å². The molecule has 1 amide bonds. The number of nitrogens with one attached hydrogen (secondary N) is 1. The summed E-state index contributed by atoms with van der Waals surface area (Å²) in [5, 5.41) is 23.0. The van der Waals surface area contributed by atoms with Crippen molar-refractivity contribution >= 4 is 11.9 Å². The summed E-state index contributed by atoms with van der Waals surface area (Å²) in [5.74, 6) is -0.916. The minimum atomic E-state index is -1.05. The van der Waals surface area contributed by atoms with Crippen LogP contribution < -0.4 is 5.32 Å². The number of rotatable bonds is 8. The van der Waals surface area contributed by atoms with Gasteiger partial charge in [0.15, 0.2) is 0 Å². The van der Waals surface area contributed by atoms with Gasteiger partial charge in [0, 0.05) is 12.1 Å². The number of aromatic nitrogens is 4. The molecule has 0 radical (unpaired) electrons. The van der Waals surface area contributed by atoms with Crippen molar-refractivity contribution in [2.45, 2.75) is 13.0 Å². The Kier molecular flexibility index (Phi) is 5.75. The van der Waals surface area contributed by atoms with Crippen LogP contribution in [0.1, 0.15) is 13.0 Å². The van der Waals surface area contributed by atoms with Crippen LogP contribution in [0.5, 0.6) is 0 Å². The average molecular weight is 319 g/mol. The number of aliphatic carboxylic acids is 1. The van der Waals surface area contributed by atoms with Crippen LogP contribution in [-0.4, -0.2) is 56.9 Å². The molecule has 0 saturated heterocycles. The van der Waals surface area contributed by atoms with Gasteiger partial charge in [-0.2, -0.15) is 4.80 Å². The minimum absolute atomic E-state index is 0.116. The molecule has 1 atom stereocenters. The summed E-state index contributed by atoms with van der Waals surface area (Å²) in [6.45, 7) is 1.57. The molecule has 0 aliphatic heterocycles. The van der Waals surface area contributed by atoms with Crippen molar-refractivity contribution in [2.24, 2.45) is 0 Å². The van der Waals surface area contributed by atoms with Crippen molar-refractivity contribution in [3.05, 3.63) is 30.3 Å². The predicted molar refractivity (Wildman–Crippen MR) is 79.4 cm³/mol. The number of hydrogen-bond acceptors (Lipinski definition) is 6. The van der Waals surface area contributed by atoms with Gasteiger partial charge in [-0.15, -0.1) is 10.2 Å². The Balaban J connectivity index is 1.85. The summed E-state index contributed by atoms with van der Waals surface area (Å²) in [4.78, 5) is 23.5. The number of benzene rings is 1. The van der Waals surface area contributed by atoms with E-state index in [0.717, 1.165) is 5.56 Å². The van der Waals surface area contributed by atoms with Crippen LogP contribution in [0.3, 0.4) is 0 Å². The van der Waals surface area contributed by atoms with Crippen molar-refractivity contribution in [3.8, 4) is 11.4 Å². The van der Waals surface area contributed by atoms with Crippen molar-refractivity contribution in [1.29, 1.82) is 0 Å². The second-order valence-corrected chi connectivity index (χ2v) is 4.71. The number of nitrogens with zero attached hydrogens (tertiary/aromatic N) is 4. The maximum absolute atomic E-state index is 12.0. The lowest BCUT2D eigenvalue weighted by molar-refractivity contribution is -0.142. The van der Waals surface area contributed by atoms with Crippen LogP contribution in [0.15, 0.2) is 30.3 Å². The Labute approximate surface area is 132 Å². The van der Waals surface area contributed by atoms with Crippen molar-refractivity contribution in [1.82, 2.24) is 25.5 Å². The molecule has 1 aromatic carbocycles. The molecule has 122 valence electrons. The third-order valence-corrected chi connectivity index (χ3v) is 2.96. The summed E-state index contributed by atoms with van der Waals surface area (Å²) >= 11 is 0. The van der Waals surface area contributed by atoms with Crippen molar-refractivity contribution in [3.63, 3.8) is 0 Å². The molecule has 1 aromatic heterocycles. The Hall–Kier alpha value is -2.81. The van der Waals surface area contributed by atoms with Gasteiger partial charge in [-0.25, -0.2) is 4.79 Å². The van der Waals surface area contributed by atoms with E-state index >= 15 is 0 Å². The van der Waals surface area contributed by atoms with Gasteiger partial charge in [0.25, 0.3) is 0 Å². The molecule has 0 spiro atoms. The van der Waals surface area contributed by atoms with Crippen LogP contribution in [-0.2, 0) is 14.3 Å². The topological polar surface area (TPSA) is 119 Å².